The second-order valence-electron chi connectivity index (χ2n) is 14.8. The first-order valence-electron chi connectivity index (χ1n) is 20.6. The van der Waals surface area contributed by atoms with E-state index in [1.165, 1.54) is 64.2 Å². The highest BCUT2D eigenvalue weighted by Gasteiger charge is 2.47. The van der Waals surface area contributed by atoms with E-state index in [2.05, 4.69) is 13.8 Å². The molecule has 0 aromatic rings. The molecule has 0 spiro atoms. The van der Waals surface area contributed by atoms with E-state index < -0.39 is 92.7 Å². The molecule has 7 N–H and O–H groups in total. The molecular formula is C39H72O15. The molecule has 318 valence electrons. The third-order valence-electron chi connectivity index (χ3n) is 10.1. The van der Waals surface area contributed by atoms with Gasteiger partial charge in [0.1, 0.15) is 55.4 Å². The second-order valence-corrected chi connectivity index (χ2v) is 14.8. The fraction of sp³-hybridized carbons (Fsp3) is 0.949. The van der Waals surface area contributed by atoms with Crippen LogP contribution in [0.5, 0.6) is 0 Å². The van der Waals surface area contributed by atoms with E-state index in [4.69, 9.17) is 28.4 Å². The van der Waals surface area contributed by atoms with Gasteiger partial charge in [-0.1, -0.05) is 117 Å². The number of aliphatic hydroxyl groups is 7. The molecule has 0 bridgehead atoms. The van der Waals surface area contributed by atoms with Gasteiger partial charge in [-0.15, -0.1) is 0 Å². The molecule has 0 aromatic carbocycles. The number of carbonyl (C=O) groups excluding carboxylic acids is 2. The summed E-state index contributed by atoms with van der Waals surface area (Å²) in [5.74, 6) is -0.927. The fourth-order valence-corrected chi connectivity index (χ4v) is 6.57. The van der Waals surface area contributed by atoms with Gasteiger partial charge in [0.25, 0.3) is 0 Å². The molecule has 0 aromatic heterocycles. The highest BCUT2D eigenvalue weighted by atomic mass is 16.7. The Morgan fingerprint density at radius 1 is 0.519 bits per heavy atom. The predicted octanol–water partition coefficient (Wildman–Crippen LogP) is 2.92. The van der Waals surface area contributed by atoms with Crippen molar-refractivity contribution >= 4 is 11.9 Å². The van der Waals surface area contributed by atoms with Gasteiger partial charge in [0.05, 0.1) is 19.8 Å². The quantitative estimate of drug-likeness (QED) is 0.0411. The number of rotatable bonds is 30. The molecular weight excluding hydrogens is 708 g/mol. The number of esters is 2. The van der Waals surface area contributed by atoms with Gasteiger partial charge in [0, 0.05) is 12.8 Å². The zero-order valence-corrected chi connectivity index (χ0v) is 32.7. The number of hydrogen-bond donors (Lipinski definition) is 7. The van der Waals surface area contributed by atoms with Gasteiger partial charge in [-0.2, -0.15) is 0 Å². The molecule has 15 heteroatoms. The van der Waals surface area contributed by atoms with Crippen molar-refractivity contribution in [3.8, 4) is 0 Å². The van der Waals surface area contributed by atoms with Gasteiger partial charge in [0.15, 0.2) is 18.7 Å². The van der Waals surface area contributed by atoms with Crippen molar-refractivity contribution in [3.05, 3.63) is 0 Å². The van der Waals surface area contributed by atoms with Gasteiger partial charge >= 0.3 is 11.9 Å². The van der Waals surface area contributed by atoms with Crippen molar-refractivity contribution in [2.75, 3.05) is 26.4 Å². The Morgan fingerprint density at radius 2 is 0.944 bits per heavy atom. The third-order valence-corrected chi connectivity index (χ3v) is 10.1. The average Bonchev–Trinajstić information content (AvgIpc) is 3.16. The molecule has 0 radical (unpaired) electrons. The highest BCUT2D eigenvalue weighted by Crippen LogP contribution is 2.26. The molecule has 2 rings (SSSR count). The van der Waals surface area contributed by atoms with Crippen LogP contribution in [0.1, 0.15) is 142 Å². The Labute approximate surface area is 321 Å². The van der Waals surface area contributed by atoms with Crippen molar-refractivity contribution < 1.29 is 73.8 Å². The number of carbonyl (C=O) groups is 2. The van der Waals surface area contributed by atoms with Crippen molar-refractivity contribution in [1.29, 1.82) is 0 Å². The molecule has 2 fully saturated rings. The summed E-state index contributed by atoms with van der Waals surface area (Å²) < 4.78 is 33.3. The molecule has 2 aliphatic heterocycles. The first-order valence-corrected chi connectivity index (χ1v) is 20.6. The van der Waals surface area contributed by atoms with Crippen LogP contribution >= 0.6 is 0 Å². The fourth-order valence-electron chi connectivity index (χ4n) is 6.57. The minimum absolute atomic E-state index is 0.170. The predicted molar refractivity (Wildman–Crippen MR) is 197 cm³/mol. The van der Waals surface area contributed by atoms with Crippen LogP contribution in [0.25, 0.3) is 0 Å². The molecule has 54 heavy (non-hydrogen) atoms. The summed E-state index contributed by atoms with van der Waals surface area (Å²) in [6, 6.07) is 0. The Hall–Kier alpha value is -1.50. The Morgan fingerprint density at radius 3 is 1.44 bits per heavy atom. The minimum Gasteiger partial charge on any atom is -0.462 e. The summed E-state index contributed by atoms with van der Waals surface area (Å²) in [6.45, 7) is 2.51. The van der Waals surface area contributed by atoms with Gasteiger partial charge < -0.3 is 64.2 Å². The van der Waals surface area contributed by atoms with Crippen LogP contribution in [-0.4, -0.2) is 142 Å². The van der Waals surface area contributed by atoms with E-state index in [-0.39, 0.29) is 26.1 Å². The highest BCUT2D eigenvalue weighted by molar-refractivity contribution is 5.70. The van der Waals surface area contributed by atoms with E-state index in [1.807, 2.05) is 0 Å². The molecule has 11 atom stereocenters. The van der Waals surface area contributed by atoms with Crippen LogP contribution in [0.4, 0.5) is 0 Å². The van der Waals surface area contributed by atoms with Crippen LogP contribution in [-0.2, 0) is 38.0 Å². The van der Waals surface area contributed by atoms with Crippen LogP contribution in [0.2, 0.25) is 0 Å². The normalized spacial score (nSPS) is 29.2. The largest absolute Gasteiger partial charge is 0.462 e. The molecule has 2 heterocycles. The topological polar surface area (TPSA) is 231 Å². The summed E-state index contributed by atoms with van der Waals surface area (Å²) in [5, 5.41) is 71.5. The van der Waals surface area contributed by atoms with Gasteiger partial charge in [-0.3, -0.25) is 9.59 Å². The van der Waals surface area contributed by atoms with Crippen molar-refractivity contribution in [1.82, 2.24) is 0 Å². The van der Waals surface area contributed by atoms with Crippen molar-refractivity contribution in [2.45, 2.75) is 210 Å². The van der Waals surface area contributed by atoms with Gasteiger partial charge in [-0.05, 0) is 12.8 Å². The minimum atomic E-state index is -1.76. The van der Waals surface area contributed by atoms with Crippen LogP contribution in [0, 0.1) is 0 Å². The van der Waals surface area contributed by atoms with E-state index >= 15 is 0 Å². The molecule has 2 saturated heterocycles. The second kappa shape index (κ2) is 28.8. The average molecular weight is 781 g/mol. The van der Waals surface area contributed by atoms with E-state index in [9.17, 15) is 45.3 Å². The Kier molecular flexibility index (Phi) is 26.0. The lowest BCUT2D eigenvalue weighted by Crippen LogP contribution is -2.61. The van der Waals surface area contributed by atoms with E-state index in [0.717, 1.165) is 38.5 Å². The van der Waals surface area contributed by atoms with Gasteiger partial charge in [0.2, 0.25) is 0 Å². The standard InChI is InChI=1S/C39H72O15/c1-3-5-7-9-11-13-15-17-19-21-30(41)49-24-27(52-31(42)22-20-18-16-14-12-10-8-6-4-2)25-50-38-37(48)35(46)33(44)29(54-38)26-51-39-36(47)34(45)32(43)28(23-40)53-39/h27-29,32-40,43-48H,3-26H2,1-2H3/t27-,28-,29-,32+,33+,34+,35+,36-,37-,38-,39+/m1/s1. The van der Waals surface area contributed by atoms with E-state index in [1.54, 1.807) is 0 Å². The molecule has 2 aliphatic rings. The lowest BCUT2D eigenvalue weighted by Gasteiger charge is -2.42. The summed E-state index contributed by atoms with van der Waals surface area (Å²) in [6.07, 6.45) is 3.25. The summed E-state index contributed by atoms with van der Waals surface area (Å²) >= 11 is 0. The van der Waals surface area contributed by atoms with Gasteiger partial charge in [-0.25, -0.2) is 0 Å². The number of ether oxygens (including phenoxy) is 6. The number of unbranched alkanes of at least 4 members (excludes halogenated alkanes) is 16. The smallest absolute Gasteiger partial charge is 0.306 e. The SMILES string of the molecule is CCCCCCCCCCCC(=O)OC[C@H](CO[C@@H]1O[C@H](CO[C@H]2O[C@H](CO)[C@H](O)[C@H](O)[C@H]2O)[C@H](O)[C@H](O)[C@H]1O)OC(=O)CCCCCCCCCCC. The lowest BCUT2D eigenvalue weighted by atomic mass is 9.98. The summed E-state index contributed by atoms with van der Waals surface area (Å²) in [5.41, 5.74) is 0. The van der Waals surface area contributed by atoms with Crippen molar-refractivity contribution in [3.63, 3.8) is 0 Å². The molecule has 0 amide bonds. The molecule has 15 nitrogen and oxygen atoms in total. The van der Waals surface area contributed by atoms with Crippen molar-refractivity contribution in [2.24, 2.45) is 0 Å². The molecule has 0 saturated carbocycles. The Balaban J connectivity index is 1.90. The molecule has 0 aliphatic carbocycles. The zero-order chi connectivity index (χ0) is 39.7. The monoisotopic (exact) mass is 780 g/mol. The van der Waals surface area contributed by atoms with Crippen LogP contribution in [0.3, 0.4) is 0 Å². The lowest BCUT2D eigenvalue weighted by molar-refractivity contribution is -0.332. The third kappa shape index (κ3) is 18.6. The van der Waals surface area contributed by atoms with E-state index in [0.29, 0.717) is 12.8 Å². The number of aliphatic hydroxyl groups excluding tert-OH is 7. The summed E-state index contributed by atoms with van der Waals surface area (Å²) in [4.78, 5) is 25.4. The van der Waals surface area contributed by atoms with Crippen LogP contribution < -0.4 is 0 Å². The van der Waals surface area contributed by atoms with Crippen LogP contribution in [0.15, 0.2) is 0 Å². The summed E-state index contributed by atoms with van der Waals surface area (Å²) in [7, 11) is 0. The Bertz CT molecular complexity index is 970. The zero-order valence-electron chi connectivity index (χ0n) is 32.7. The first kappa shape index (κ1) is 48.6. The maximum absolute atomic E-state index is 12.8. The first-order chi connectivity index (χ1) is 26.0. The maximum atomic E-state index is 12.8. The molecule has 0 unspecified atom stereocenters. The maximum Gasteiger partial charge on any atom is 0.306 e. The number of hydrogen-bond acceptors (Lipinski definition) is 15.